The molecular weight excluding hydrogens is 340 g/mol. The molecule has 2 amide bonds. The van der Waals surface area contributed by atoms with Gasteiger partial charge in [0.2, 0.25) is 5.91 Å². The molecule has 0 radical (unpaired) electrons. The average molecular weight is 373 g/mol. The van der Waals surface area contributed by atoms with Gasteiger partial charge in [-0.3, -0.25) is 9.59 Å². The Labute approximate surface area is 162 Å². The second-order valence-electron chi connectivity index (χ2n) is 8.43. The van der Waals surface area contributed by atoms with Gasteiger partial charge in [0.05, 0.1) is 6.04 Å². The van der Waals surface area contributed by atoms with Gasteiger partial charge in [-0.1, -0.05) is 44.2 Å². The van der Waals surface area contributed by atoms with Crippen LogP contribution in [-0.2, 0) is 14.3 Å². The number of morpholine rings is 1. The molecule has 0 N–H and O–H groups in total. The summed E-state index contributed by atoms with van der Waals surface area (Å²) in [6, 6.07) is 9.78. The Morgan fingerprint density at radius 3 is 2.41 bits per heavy atom. The highest BCUT2D eigenvalue weighted by atomic mass is 16.5. The lowest BCUT2D eigenvalue weighted by atomic mass is 9.95. The minimum absolute atomic E-state index is 0.00643. The summed E-state index contributed by atoms with van der Waals surface area (Å²) in [6.07, 6.45) is 2.48. The number of amides is 2. The van der Waals surface area contributed by atoms with Gasteiger partial charge < -0.3 is 14.5 Å². The van der Waals surface area contributed by atoms with Gasteiger partial charge in [0.25, 0.3) is 5.91 Å². The maximum Gasteiger partial charge on any atom is 0.254 e. The van der Waals surface area contributed by atoms with Crippen LogP contribution in [0.3, 0.4) is 0 Å². The number of hydrogen-bond donors (Lipinski definition) is 0. The summed E-state index contributed by atoms with van der Waals surface area (Å²) in [5.74, 6) is 0.526. The van der Waals surface area contributed by atoms with Crippen molar-refractivity contribution in [2.75, 3.05) is 13.2 Å². The van der Waals surface area contributed by atoms with Crippen molar-refractivity contribution in [3.63, 3.8) is 0 Å². The summed E-state index contributed by atoms with van der Waals surface area (Å²) in [6.45, 7) is 9.09. The highest BCUT2D eigenvalue weighted by Gasteiger charge is 2.46. The van der Waals surface area contributed by atoms with Crippen LogP contribution in [0.15, 0.2) is 30.3 Å². The first-order valence-electron chi connectivity index (χ1n) is 10.2. The van der Waals surface area contributed by atoms with Gasteiger partial charge in [0, 0.05) is 18.6 Å². The van der Waals surface area contributed by atoms with E-state index in [1.807, 2.05) is 54.0 Å². The summed E-state index contributed by atoms with van der Waals surface area (Å²) in [5, 5.41) is 0. The van der Waals surface area contributed by atoms with Gasteiger partial charge >= 0.3 is 0 Å². The quantitative estimate of drug-likeness (QED) is 0.737. The molecule has 2 aliphatic rings. The van der Waals surface area contributed by atoms with Crippen LogP contribution in [0.25, 0.3) is 0 Å². The van der Waals surface area contributed by atoms with Crippen molar-refractivity contribution < 1.29 is 14.3 Å². The molecule has 0 unspecified atom stereocenters. The minimum Gasteiger partial charge on any atom is -0.356 e. The molecule has 2 atom stereocenters. The van der Waals surface area contributed by atoms with Crippen LogP contribution in [0.5, 0.6) is 0 Å². The van der Waals surface area contributed by atoms with Gasteiger partial charge in [-0.15, -0.1) is 0 Å². The molecule has 5 heteroatoms. The number of carbonyl (C=O) groups is 2. The minimum atomic E-state index is -0.639. The zero-order valence-electron chi connectivity index (χ0n) is 16.9. The molecule has 27 heavy (non-hydrogen) atoms. The summed E-state index contributed by atoms with van der Waals surface area (Å²) in [5.41, 5.74) is 0.956. The standard InChI is InChI=1S/C22H32N2O3/c1-15(2)12-13-23(18-10-11-18)22(26)21-20(17-8-6-5-7-9-17)24(16(3)4)19(25)14-27-21/h5-9,15-16,18,20-21H,10-14H2,1-4H3/t20-,21+/m1/s1. The van der Waals surface area contributed by atoms with E-state index in [1.165, 1.54) is 0 Å². The Kier molecular flexibility index (Phi) is 6.20. The molecule has 0 spiro atoms. The number of ether oxygens (including phenoxy) is 1. The van der Waals surface area contributed by atoms with Gasteiger partial charge in [0.1, 0.15) is 6.61 Å². The van der Waals surface area contributed by atoms with Gasteiger partial charge in [0.15, 0.2) is 6.10 Å². The number of benzene rings is 1. The van der Waals surface area contributed by atoms with E-state index in [0.717, 1.165) is 31.4 Å². The van der Waals surface area contributed by atoms with E-state index in [2.05, 4.69) is 13.8 Å². The molecule has 1 aliphatic heterocycles. The molecule has 2 fully saturated rings. The normalized spacial score (nSPS) is 23.2. The van der Waals surface area contributed by atoms with E-state index in [9.17, 15) is 9.59 Å². The lowest BCUT2D eigenvalue weighted by Gasteiger charge is -2.44. The topological polar surface area (TPSA) is 49.9 Å². The second kappa shape index (κ2) is 8.42. The smallest absolute Gasteiger partial charge is 0.254 e. The molecule has 3 rings (SSSR count). The third-order valence-corrected chi connectivity index (χ3v) is 5.42. The molecule has 148 valence electrons. The molecule has 0 aromatic heterocycles. The van der Waals surface area contributed by atoms with E-state index in [-0.39, 0.29) is 30.5 Å². The Morgan fingerprint density at radius 1 is 1.19 bits per heavy atom. The van der Waals surface area contributed by atoms with Gasteiger partial charge in [-0.25, -0.2) is 0 Å². The summed E-state index contributed by atoms with van der Waals surface area (Å²) in [7, 11) is 0. The van der Waals surface area contributed by atoms with E-state index in [4.69, 9.17) is 4.74 Å². The van der Waals surface area contributed by atoms with Crippen molar-refractivity contribution in [2.45, 2.75) is 71.2 Å². The maximum atomic E-state index is 13.5. The van der Waals surface area contributed by atoms with Crippen molar-refractivity contribution >= 4 is 11.8 Å². The predicted octanol–water partition coefficient (Wildman–Crippen LogP) is 3.40. The van der Waals surface area contributed by atoms with Crippen molar-refractivity contribution in [1.82, 2.24) is 9.80 Å². The van der Waals surface area contributed by atoms with Crippen LogP contribution >= 0.6 is 0 Å². The second-order valence-corrected chi connectivity index (χ2v) is 8.43. The fourth-order valence-electron chi connectivity index (χ4n) is 3.85. The molecule has 1 saturated heterocycles. The summed E-state index contributed by atoms with van der Waals surface area (Å²) < 4.78 is 5.88. The number of rotatable bonds is 7. The van der Waals surface area contributed by atoms with E-state index in [1.54, 1.807) is 0 Å². The van der Waals surface area contributed by atoms with Crippen molar-refractivity contribution in [3.8, 4) is 0 Å². The van der Waals surface area contributed by atoms with Crippen LogP contribution in [-0.4, -0.2) is 53.0 Å². The average Bonchev–Trinajstić information content (AvgIpc) is 3.46. The van der Waals surface area contributed by atoms with Crippen molar-refractivity contribution in [3.05, 3.63) is 35.9 Å². The highest BCUT2D eigenvalue weighted by Crippen LogP contribution is 2.35. The summed E-state index contributed by atoms with van der Waals surface area (Å²) in [4.78, 5) is 29.9. The molecule has 1 heterocycles. The maximum absolute atomic E-state index is 13.5. The molecular formula is C22H32N2O3. The van der Waals surface area contributed by atoms with Crippen LogP contribution in [0.4, 0.5) is 0 Å². The van der Waals surface area contributed by atoms with E-state index < -0.39 is 6.10 Å². The monoisotopic (exact) mass is 372 g/mol. The molecule has 1 aromatic carbocycles. The van der Waals surface area contributed by atoms with Crippen LogP contribution < -0.4 is 0 Å². The molecule has 5 nitrogen and oxygen atoms in total. The van der Waals surface area contributed by atoms with Crippen LogP contribution in [0.2, 0.25) is 0 Å². The Morgan fingerprint density at radius 2 is 1.85 bits per heavy atom. The van der Waals surface area contributed by atoms with Crippen molar-refractivity contribution in [2.24, 2.45) is 5.92 Å². The zero-order chi connectivity index (χ0) is 19.6. The predicted molar refractivity (Wildman–Crippen MR) is 105 cm³/mol. The van der Waals surface area contributed by atoms with Gasteiger partial charge in [-0.05, 0) is 44.6 Å². The van der Waals surface area contributed by atoms with Gasteiger partial charge in [-0.2, -0.15) is 0 Å². The number of hydrogen-bond acceptors (Lipinski definition) is 3. The third-order valence-electron chi connectivity index (χ3n) is 5.42. The summed E-state index contributed by atoms with van der Waals surface area (Å²) >= 11 is 0. The lowest BCUT2D eigenvalue weighted by Crippen LogP contribution is -2.57. The Hall–Kier alpha value is -1.88. The van der Waals surface area contributed by atoms with Crippen LogP contribution in [0, 0.1) is 5.92 Å². The first kappa shape index (κ1) is 19.9. The molecule has 1 aromatic rings. The first-order valence-corrected chi connectivity index (χ1v) is 10.2. The zero-order valence-corrected chi connectivity index (χ0v) is 16.9. The number of nitrogens with zero attached hydrogens (tertiary/aromatic N) is 2. The largest absolute Gasteiger partial charge is 0.356 e. The Bertz CT molecular complexity index is 655. The fourth-order valence-corrected chi connectivity index (χ4v) is 3.85. The molecule has 1 aliphatic carbocycles. The fraction of sp³-hybridized carbons (Fsp3) is 0.636. The van der Waals surface area contributed by atoms with Crippen LogP contribution in [0.1, 0.15) is 58.6 Å². The van der Waals surface area contributed by atoms with E-state index in [0.29, 0.717) is 12.0 Å². The SMILES string of the molecule is CC(C)CCN(C(=O)[C@H]1OCC(=O)N(C(C)C)[C@@H]1c1ccccc1)C1CC1. The van der Waals surface area contributed by atoms with E-state index >= 15 is 0 Å². The first-order chi connectivity index (χ1) is 12.9. The van der Waals surface area contributed by atoms with Crippen molar-refractivity contribution in [1.29, 1.82) is 0 Å². The molecule has 1 saturated carbocycles. The highest BCUT2D eigenvalue weighted by molar-refractivity contribution is 5.87. The number of carbonyl (C=O) groups excluding carboxylic acids is 2. The third kappa shape index (κ3) is 4.52. The Balaban J connectivity index is 1.90. The lowest BCUT2D eigenvalue weighted by molar-refractivity contribution is -0.172. The molecule has 0 bridgehead atoms.